The molecule has 0 aliphatic rings. The number of anilines is 1. The second-order valence-corrected chi connectivity index (χ2v) is 3.98. The number of hydrogen-bond donors (Lipinski definition) is 2. The van der Waals surface area contributed by atoms with Gasteiger partial charge in [0.05, 0.1) is 9.95 Å². The molecule has 1 heterocycles. The van der Waals surface area contributed by atoms with Crippen LogP contribution in [0.2, 0.25) is 5.02 Å². The fraction of sp³-hybridized carbons (Fsp3) is 0.400. The van der Waals surface area contributed by atoms with Crippen LogP contribution in [-0.4, -0.2) is 28.9 Å². The molecule has 0 spiro atoms. The van der Waals surface area contributed by atoms with Gasteiger partial charge >= 0.3 is 5.69 Å². The summed E-state index contributed by atoms with van der Waals surface area (Å²) in [5, 5.41) is 16.4. The summed E-state index contributed by atoms with van der Waals surface area (Å²) in [5.74, 6) is 0.0674. The molecular formula is C10H13ClN4O3. The molecule has 0 aromatic carbocycles. The van der Waals surface area contributed by atoms with Crippen molar-refractivity contribution in [1.29, 1.82) is 0 Å². The fourth-order valence-corrected chi connectivity index (χ4v) is 1.42. The maximum Gasteiger partial charge on any atom is 0.312 e. The average Bonchev–Trinajstić information content (AvgIpc) is 2.29. The molecule has 0 aliphatic carbocycles. The molecule has 7 nitrogen and oxygen atoms in total. The van der Waals surface area contributed by atoms with Crippen molar-refractivity contribution in [2.24, 2.45) is 0 Å². The Kier molecular flexibility index (Phi) is 5.31. The van der Waals surface area contributed by atoms with E-state index < -0.39 is 4.92 Å². The highest BCUT2D eigenvalue weighted by atomic mass is 35.5. The Morgan fingerprint density at radius 2 is 2.28 bits per heavy atom. The van der Waals surface area contributed by atoms with Crippen LogP contribution in [0.5, 0.6) is 0 Å². The lowest BCUT2D eigenvalue weighted by molar-refractivity contribution is -0.384. The van der Waals surface area contributed by atoms with Crippen LogP contribution < -0.4 is 10.6 Å². The highest BCUT2D eigenvalue weighted by Crippen LogP contribution is 2.24. The summed E-state index contributed by atoms with van der Waals surface area (Å²) in [5.41, 5.74) is -0.165. The Morgan fingerprint density at radius 1 is 1.56 bits per heavy atom. The quantitative estimate of drug-likeness (QED) is 0.465. The summed E-state index contributed by atoms with van der Waals surface area (Å²) in [6.07, 6.45) is 1.98. The molecule has 98 valence electrons. The van der Waals surface area contributed by atoms with Crippen LogP contribution in [0.1, 0.15) is 13.3 Å². The van der Waals surface area contributed by atoms with Crippen molar-refractivity contribution in [3.05, 3.63) is 27.4 Å². The number of halogens is 1. The number of aromatic nitrogens is 1. The van der Waals surface area contributed by atoms with E-state index in [0.717, 1.165) is 0 Å². The minimum atomic E-state index is -0.547. The van der Waals surface area contributed by atoms with E-state index in [1.165, 1.54) is 19.2 Å². The van der Waals surface area contributed by atoms with E-state index in [9.17, 15) is 14.9 Å². The zero-order valence-electron chi connectivity index (χ0n) is 9.77. The molecular weight excluding hydrogens is 260 g/mol. The number of nitro groups is 1. The van der Waals surface area contributed by atoms with Gasteiger partial charge in [0.25, 0.3) is 0 Å². The third-order valence-electron chi connectivity index (χ3n) is 2.05. The lowest BCUT2D eigenvalue weighted by Crippen LogP contribution is -2.22. The van der Waals surface area contributed by atoms with Crippen molar-refractivity contribution in [3.63, 3.8) is 0 Å². The van der Waals surface area contributed by atoms with Gasteiger partial charge in [-0.15, -0.1) is 0 Å². The van der Waals surface area contributed by atoms with Gasteiger partial charge in [0.1, 0.15) is 0 Å². The molecule has 18 heavy (non-hydrogen) atoms. The number of carbonyl (C=O) groups excluding carboxylic acids is 1. The normalized spacial score (nSPS) is 9.89. The summed E-state index contributed by atoms with van der Waals surface area (Å²) in [6.45, 7) is 2.40. The van der Waals surface area contributed by atoms with Crippen LogP contribution in [0.3, 0.4) is 0 Å². The molecule has 1 aromatic heterocycles. The number of pyridine rings is 1. The van der Waals surface area contributed by atoms with Gasteiger partial charge < -0.3 is 10.6 Å². The Bertz CT molecular complexity index is 453. The van der Waals surface area contributed by atoms with E-state index in [0.29, 0.717) is 19.5 Å². The first-order valence-electron chi connectivity index (χ1n) is 5.29. The highest BCUT2D eigenvalue weighted by molar-refractivity contribution is 6.30. The summed E-state index contributed by atoms with van der Waals surface area (Å²) >= 11 is 5.64. The molecule has 0 fully saturated rings. The van der Waals surface area contributed by atoms with Crippen LogP contribution in [0.15, 0.2) is 12.3 Å². The Hall–Kier alpha value is -1.89. The topological polar surface area (TPSA) is 97.2 Å². The number of amides is 1. The number of nitrogens with one attached hydrogen (secondary N) is 2. The zero-order chi connectivity index (χ0) is 13.5. The van der Waals surface area contributed by atoms with Gasteiger partial charge in [0, 0.05) is 32.3 Å². The minimum Gasteiger partial charge on any atom is -0.364 e. The molecule has 0 saturated heterocycles. The van der Waals surface area contributed by atoms with Crippen molar-refractivity contribution >= 4 is 29.0 Å². The van der Waals surface area contributed by atoms with E-state index in [2.05, 4.69) is 15.6 Å². The molecule has 1 aromatic rings. The van der Waals surface area contributed by atoms with Crippen molar-refractivity contribution in [2.75, 3.05) is 18.4 Å². The van der Waals surface area contributed by atoms with Gasteiger partial charge in [-0.05, 0) is 6.42 Å². The fourth-order valence-electron chi connectivity index (χ4n) is 1.26. The van der Waals surface area contributed by atoms with Gasteiger partial charge in [-0.2, -0.15) is 0 Å². The second-order valence-electron chi connectivity index (χ2n) is 3.54. The molecule has 0 radical (unpaired) electrons. The van der Waals surface area contributed by atoms with E-state index in [-0.39, 0.29) is 22.4 Å². The number of rotatable bonds is 6. The summed E-state index contributed by atoms with van der Waals surface area (Å²) in [7, 11) is 0. The van der Waals surface area contributed by atoms with E-state index >= 15 is 0 Å². The molecule has 0 unspecified atom stereocenters. The lowest BCUT2D eigenvalue weighted by Gasteiger charge is -2.06. The molecule has 1 rings (SSSR count). The molecule has 0 saturated carbocycles. The maximum atomic E-state index is 10.8. The number of hydrogen-bond acceptors (Lipinski definition) is 5. The lowest BCUT2D eigenvalue weighted by atomic mass is 10.3. The van der Waals surface area contributed by atoms with E-state index in [1.54, 1.807) is 0 Å². The van der Waals surface area contributed by atoms with Crippen LogP contribution in [0.4, 0.5) is 11.5 Å². The molecule has 0 bridgehead atoms. The smallest absolute Gasteiger partial charge is 0.312 e. The van der Waals surface area contributed by atoms with Crippen LogP contribution in [0.25, 0.3) is 0 Å². The molecule has 2 N–H and O–H groups in total. The van der Waals surface area contributed by atoms with Gasteiger partial charge in [0.2, 0.25) is 11.7 Å². The predicted molar refractivity (Wildman–Crippen MR) is 67.7 cm³/mol. The van der Waals surface area contributed by atoms with Gasteiger partial charge in [-0.25, -0.2) is 4.98 Å². The van der Waals surface area contributed by atoms with Crippen molar-refractivity contribution in [3.8, 4) is 0 Å². The third-order valence-corrected chi connectivity index (χ3v) is 2.26. The Labute approximate surface area is 109 Å². The first kappa shape index (κ1) is 14.2. The third kappa shape index (κ3) is 4.54. The first-order chi connectivity index (χ1) is 8.50. The zero-order valence-corrected chi connectivity index (χ0v) is 10.5. The summed E-state index contributed by atoms with van der Waals surface area (Å²) in [6, 6.07) is 1.24. The summed E-state index contributed by atoms with van der Waals surface area (Å²) < 4.78 is 0. The van der Waals surface area contributed by atoms with E-state index in [1.807, 2.05) is 0 Å². The van der Waals surface area contributed by atoms with Crippen molar-refractivity contribution in [1.82, 2.24) is 10.3 Å². The van der Waals surface area contributed by atoms with Crippen molar-refractivity contribution < 1.29 is 9.72 Å². The van der Waals surface area contributed by atoms with Gasteiger partial charge in [-0.3, -0.25) is 14.9 Å². The number of nitrogens with zero attached hydrogens (tertiary/aromatic N) is 2. The number of carbonyl (C=O) groups is 1. The SMILES string of the molecule is CC(=O)NCCCNc1ncc(Cl)cc1[N+](=O)[O-]. The molecule has 0 atom stereocenters. The summed E-state index contributed by atoms with van der Waals surface area (Å²) in [4.78, 5) is 24.7. The molecule has 0 aliphatic heterocycles. The van der Waals surface area contributed by atoms with Crippen LogP contribution in [-0.2, 0) is 4.79 Å². The molecule has 1 amide bonds. The van der Waals surface area contributed by atoms with Crippen LogP contribution >= 0.6 is 11.6 Å². The van der Waals surface area contributed by atoms with Gasteiger partial charge in [0.15, 0.2) is 0 Å². The standard InChI is InChI=1S/C10H13ClN4O3/c1-7(16)12-3-2-4-13-10-9(15(17)18)5-8(11)6-14-10/h5-6H,2-4H2,1H3,(H,12,16)(H,13,14). The predicted octanol–water partition coefficient (Wildman–Crippen LogP) is 1.58. The highest BCUT2D eigenvalue weighted by Gasteiger charge is 2.15. The second kappa shape index (κ2) is 6.75. The van der Waals surface area contributed by atoms with Crippen molar-refractivity contribution in [2.45, 2.75) is 13.3 Å². The minimum absolute atomic E-state index is 0.106. The maximum absolute atomic E-state index is 10.8. The molecule has 8 heteroatoms. The Balaban J connectivity index is 2.51. The Morgan fingerprint density at radius 3 is 2.89 bits per heavy atom. The largest absolute Gasteiger partial charge is 0.364 e. The first-order valence-corrected chi connectivity index (χ1v) is 5.66. The van der Waals surface area contributed by atoms with Gasteiger partial charge in [-0.1, -0.05) is 11.6 Å². The van der Waals surface area contributed by atoms with E-state index in [4.69, 9.17) is 11.6 Å². The average molecular weight is 273 g/mol. The monoisotopic (exact) mass is 272 g/mol. The van der Waals surface area contributed by atoms with Crippen LogP contribution in [0, 0.1) is 10.1 Å².